The molecule has 6 nitrogen and oxygen atoms in total. The Labute approximate surface area is 463 Å². The van der Waals surface area contributed by atoms with Gasteiger partial charge in [0.15, 0.2) is 6.10 Å². The second-order valence-corrected chi connectivity index (χ2v) is 20.6. The highest BCUT2D eigenvalue weighted by Crippen LogP contribution is 2.16. The van der Waals surface area contributed by atoms with Crippen LogP contribution in [0.1, 0.15) is 290 Å². The van der Waals surface area contributed by atoms with Gasteiger partial charge in [-0.15, -0.1) is 0 Å². The second-order valence-electron chi connectivity index (χ2n) is 20.6. The molecular weight excluding hydrogens is 925 g/mol. The van der Waals surface area contributed by atoms with Gasteiger partial charge in [-0.1, -0.05) is 278 Å². The summed E-state index contributed by atoms with van der Waals surface area (Å²) in [5.41, 5.74) is 0. The van der Waals surface area contributed by atoms with Gasteiger partial charge in [0.05, 0.1) is 0 Å². The van der Waals surface area contributed by atoms with Crippen LogP contribution in [0.15, 0.2) is 109 Å². The van der Waals surface area contributed by atoms with Gasteiger partial charge in [0, 0.05) is 19.3 Å². The van der Waals surface area contributed by atoms with Crippen LogP contribution < -0.4 is 0 Å². The molecule has 0 rings (SSSR count). The second kappa shape index (κ2) is 62.6. The highest BCUT2D eigenvalue weighted by atomic mass is 16.6. The standard InChI is InChI=1S/C69H116O6/c1-4-7-10-13-16-19-22-25-27-28-29-30-31-32-33-34-35-36-37-38-39-40-41-42-43-45-47-50-53-56-59-62-68(71)74-65-66(64-73-67(70)61-58-55-52-49-46-24-21-18-15-12-9-6-3)75-69(72)63-60-57-54-51-48-44-26-23-20-17-14-11-8-5-2/h7,10,14,16-17,19,23,25-27,29-30,32-33,35-36,38-39,66H,4-6,8-9,11-13,15,18,20-22,24,28,31,34,37,40-65H2,1-3H3/b10-7-,17-14-,19-16-,26-23-,27-25-,30-29-,33-32-,36-35-,39-38-. The number of ether oxygens (including phenoxy) is 3. The summed E-state index contributed by atoms with van der Waals surface area (Å²) in [6.45, 7) is 6.48. The van der Waals surface area contributed by atoms with Crippen LogP contribution >= 0.6 is 0 Å². The highest BCUT2D eigenvalue weighted by Gasteiger charge is 2.19. The Morgan fingerprint density at radius 1 is 0.280 bits per heavy atom. The van der Waals surface area contributed by atoms with Gasteiger partial charge in [-0.05, 0) is 103 Å². The topological polar surface area (TPSA) is 78.9 Å². The number of rotatable bonds is 56. The molecule has 428 valence electrons. The van der Waals surface area contributed by atoms with Gasteiger partial charge in [0.1, 0.15) is 13.2 Å². The summed E-state index contributed by atoms with van der Waals surface area (Å²) >= 11 is 0. The van der Waals surface area contributed by atoms with E-state index in [9.17, 15) is 14.4 Å². The van der Waals surface area contributed by atoms with Crippen LogP contribution in [0.3, 0.4) is 0 Å². The fraction of sp³-hybridized carbons (Fsp3) is 0.696. The average molecular weight is 1040 g/mol. The molecule has 0 saturated carbocycles. The van der Waals surface area contributed by atoms with E-state index >= 15 is 0 Å². The van der Waals surface area contributed by atoms with E-state index in [-0.39, 0.29) is 31.1 Å². The summed E-state index contributed by atoms with van der Waals surface area (Å²) < 4.78 is 16.9. The summed E-state index contributed by atoms with van der Waals surface area (Å²) in [4.78, 5) is 38.2. The molecule has 0 aliphatic heterocycles. The van der Waals surface area contributed by atoms with E-state index in [1.54, 1.807) is 0 Å². The SMILES string of the molecule is CC/C=C\C/C=C\C/C=C\C/C=C\C/C=C\C/C=C\C/C=C\CCCCCCCCCCCC(=O)OCC(COC(=O)CCCCCCCCCCCCCC)OC(=O)CCCCCCC/C=C\C/C=C\CCCC. The fourth-order valence-electron chi connectivity index (χ4n) is 8.56. The van der Waals surface area contributed by atoms with Crippen molar-refractivity contribution in [3.63, 3.8) is 0 Å². The Bertz CT molecular complexity index is 1520. The molecule has 0 heterocycles. The summed E-state index contributed by atoms with van der Waals surface area (Å²) in [7, 11) is 0. The number of unbranched alkanes of at least 4 members (excludes halogenated alkanes) is 27. The maximum absolute atomic E-state index is 12.8. The van der Waals surface area contributed by atoms with Crippen LogP contribution in [-0.4, -0.2) is 37.2 Å². The van der Waals surface area contributed by atoms with Crippen LogP contribution in [0.5, 0.6) is 0 Å². The third kappa shape index (κ3) is 60.8. The first-order valence-corrected chi connectivity index (χ1v) is 31.4. The molecule has 6 heteroatoms. The molecule has 1 atom stereocenters. The number of carbonyl (C=O) groups is 3. The zero-order chi connectivity index (χ0) is 54.3. The van der Waals surface area contributed by atoms with E-state index < -0.39 is 6.10 Å². The van der Waals surface area contributed by atoms with Gasteiger partial charge in [-0.2, -0.15) is 0 Å². The van der Waals surface area contributed by atoms with Crippen LogP contribution in [0.2, 0.25) is 0 Å². The molecule has 0 fully saturated rings. The number of allylic oxidation sites excluding steroid dienone is 18. The third-order valence-electron chi connectivity index (χ3n) is 13.3. The van der Waals surface area contributed by atoms with Crippen molar-refractivity contribution in [2.45, 2.75) is 297 Å². The van der Waals surface area contributed by atoms with Gasteiger partial charge in [0.25, 0.3) is 0 Å². The Hall–Kier alpha value is -3.93. The zero-order valence-corrected chi connectivity index (χ0v) is 49.0. The molecule has 0 N–H and O–H groups in total. The third-order valence-corrected chi connectivity index (χ3v) is 13.3. The van der Waals surface area contributed by atoms with Crippen molar-refractivity contribution in [3.8, 4) is 0 Å². The minimum absolute atomic E-state index is 0.0834. The first-order valence-electron chi connectivity index (χ1n) is 31.4. The first kappa shape index (κ1) is 71.1. The maximum atomic E-state index is 12.8. The molecule has 0 aromatic carbocycles. The number of hydrogen-bond acceptors (Lipinski definition) is 6. The van der Waals surface area contributed by atoms with Crippen LogP contribution in [0.25, 0.3) is 0 Å². The summed E-state index contributed by atoms with van der Waals surface area (Å²) in [5, 5.41) is 0. The molecule has 0 radical (unpaired) electrons. The van der Waals surface area contributed by atoms with Gasteiger partial charge < -0.3 is 14.2 Å². The summed E-state index contributed by atoms with van der Waals surface area (Å²) in [5.74, 6) is -0.899. The predicted molar refractivity (Wildman–Crippen MR) is 325 cm³/mol. The molecule has 0 saturated heterocycles. The first-order chi connectivity index (χ1) is 37.0. The molecule has 0 aliphatic carbocycles. The number of carbonyl (C=O) groups excluding carboxylic acids is 3. The lowest BCUT2D eigenvalue weighted by atomic mass is 10.0. The van der Waals surface area contributed by atoms with Crippen molar-refractivity contribution in [3.05, 3.63) is 109 Å². The van der Waals surface area contributed by atoms with E-state index in [0.717, 1.165) is 135 Å². The molecule has 0 spiro atoms. The fourth-order valence-corrected chi connectivity index (χ4v) is 8.56. The van der Waals surface area contributed by atoms with Crippen molar-refractivity contribution in [1.82, 2.24) is 0 Å². The molecule has 0 amide bonds. The average Bonchev–Trinajstić information content (AvgIpc) is 3.41. The molecule has 0 aromatic heterocycles. The van der Waals surface area contributed by atoms with E-state index in [4.69, 9.17) is 14.2 Å². The van der Waals surface area contributed by atoms with Crippen molar-refractivity contribution in [1.29, 1.82) is 0 Å². The van der Waals surface area contributed by atoms with E-state index in [1.807, 2.05) is 0 Å². The molecule has 0 aromatic rings. The predicted octanol–water partition coefficient (Wildman–Crippen LogP) is 21.4. The van der Waals surface area contributed by atoms with Gasteiger partial charge >= 0.3 is 17.9 Å². The van der Waals surface area contributed by atoms with Gasteiger partial charge in [-0.25, -0.2) is 0 Å². The Kier molecular flexibility index (Phi) is 59.3. The Morgan fingerprint density at radius 3 is 0.853 bits per heavy atom. The van der Waals surface area contributed by atoms with Crippen molar-refractivity contribution in [2.75, 3.05) is 13.2 Å². The van der Waals surface area contributed by atoms with Crippen LogP contribution in [0.4, 0.5) is 0 Å². The lowest BCUT2D eigenvalue weighted by Crippen LogP contribution is -2.30. The molecular formula is C69H116O6. The summed E-state index contributed by atoms with van der Waals surface area (Å²) in [6, 6.07) is 0. The minimum Gasteiger partial charge on any atom is -0.462 e. The number of esters is 3. The van der Waals surface area contributed by atoms with E-state index in [0.29, 0.717) is 19.3 Å². The monoisotopic (exact) mass is 1040 g/mol. The van der Waals surface area contributed by atoms with Crippen LogP contribution in [0, 0.1) is 0 Å². The largest absolute Gasteiger partial charge is 0.462 e. The summed E-state index contributed by atoms with van der Waals surface area (Å²) in [6.07, 6.45) is 85.2. The van der Waals surface area contributed by atoms with E-state index in [2.05, 4.69) is 130 Å². The van der Waals surface area contributed by atoms with E-state index in [1.165, 1.54) is 116 Å². The van der Waals surface area contributed by atoms with Crippen molar-refractivity contribution in [2.24, 2.45) is 0 Å². The van der Waals surface area contributed by atoms with Gasteiger partial charge in [-0.3, -0.25) is 14.4 Å². The normalized spacial score (nSPS) is 12.8. The lowest BCUT2D eigenvalue weighted by molar-refractivity contribution is -0.167. The maximum Gasteiger partial charge on any atom is 0.306 e. The minimum atomic E-state index is -0.787. The molecule has 1 unspecified atom stereocenters. The number of hydrogen-bond donors (Lipinski definition) is 0. The molecule has 0 bridgehead atoms. The molecule has 75 heavy (non-hydrogen) atoms. The van der Waals surface area contributed by atoms with Crippen molar-refractivity contribution < 1.29 is 28.6 Å². The quantitative estimate of drug-likeness (QED) is 0.0261. The van der Waals surface area contributed by atoms with Crippen LogP contribution in [-0.2, 0) is 28.6 Å². The van der Waals surface area contributed by atoms with Gasteiger partial charge in [0.2, 0.25) is 0 Å². The highest BCUT2D eigenvalue weighted by molar-refractivity contribution is 5.71. The smallest absolute Gasteiger partial charge is 0.306 e. The van der Waals surface area contributed by atoms with Crippen molar-refractivity contribution >= 4 is 17.9 Å². The zero-order valence-electron chi connectivity index (χ0n) is 49.0. The Morgan fingerprint density at radius 2 is 0.533 bits per heavy atom. The Balaban J connectivity index is 4.25. The lowest BCUT2D eigenvalue weighted by Gasteiger charge is -2.18. The molecule has 0 aliphatic rings.